The lowest BCUT2D eigenvalue weighted by atomic mass is 9.99. The van der Waals surface area contributed by atoms with E-state index in [0.717, 1.165) is 5.92 Å². The van der Waals surface area contributed by atoms with E-state index in [1.165, 1.54) is 44.1 Å². The topological polar surface area (TPSA) is 0 Å². The van der Waals surface area contributed by atoms with Gasteiger partial charge in [-0.3, -0.25) is 0 Å². The highest BCUT2D eigenvalue weighted by molar-refractivity contribution is 6.92. The summed E-state index contributed by atoms with van der Waals surface area (Å²) in [5, 5.41) is 0. The second-order valence-electron chi connectivity index (χ2n) is 5.35. The average Bonchev–Trinajstić information content (AvgIpc) is 2.64. The largest absolute Gasteiger partial charge is 0.153 e. The fourth-order valence-corrected chi connectivity index (χ4v) is 2.32. The highest BCUT2D eigenvalue weighted by Crippen LogP contribution is 2.25. The lowest BCUT2D eigenvalue weighted by Crippen LogP contribution is -1.93. The second-order valence-corrected chi connectivity index (χ2v) is 5.35. The zero-order valence-electron chi connectivity index (χ0n) is 14.8. The van der Waals surface area contributed by atoms with Gasteiger partial charge in [0.05, 0.1) is 0 Å². The van der Waals surface area contributed by atoms with Crippen molar-refractivity contribution < 1.29 is 0 Å². The SMILES string of the molecule is CC.CCC.CCc1ccc2c(c1)CCC(C)CC2.P. The summed E-state index contributed by atoms with van der Waals surface area (Å²) in [6, 6.07) is 7.08. The number of benzene rings is 1. The minimum Gasteiger partial charge on any atom is -0.153 e. The summed E-state index contributed by atoms with van der Waals surface area (Å²) in [6.45, 7) is 12.9. The van der Waals surface area contributed by atoms with Crippen LogP contribution in [0, 0.1) is 5.92 Å². The molecule has 0 nitrogen and oxygen atoms in total. The molecule has 1 aromatic rings. The van der Waals surface area contributed by atoms with Gasteiger partial charge in [0.25, 0.3) is 0 Å². The van der Waals surface area contributed by atoms with Crippen molar-refractivity contribution in [1.82, 2.24) is 0 Å². The Hall–Kier alpha value is -0.350. The first-order chi connectivity index (χ1) is 9.21. The monoisotopic (exact) mass is 296 g/mol. The van der Waals surface area contributed by atoms with Gasteiger partial charge in [0, 0.05) is 0 Å². The molecule has 20 heavy (non-hydrogen) atoms. The molecule has 0 spiro atoms. The summed E-state index contributed by atoms with van der Waals surface area (Å²) in [6.07, 6.45) is 7.76. The molecule has 1 aromatic carbocycles. The van der Waals surface area contributed by atoms with E-state index in [2.05, 4.69) is 45.9 Å². The molecule has 2 unspecified atom stereocenters. The van der Waals surface area contributed by atoms with Gasteiger partial charge in [-0.15, -0.1) is 0 Å². The molecule has 2 rings (SSSR count). The van der Waals surface area contributed by atoms with Gasteiger partial charge >= 0.3 is 0 Å². The molecule has 0 radical (unpaired) electrons. The third-order valence-electron chi connectivity index (χ3n) is 3.49. The van der Waals surface area contributed by atoms with E-state index in [4.69, 9.17) is 0 Å². The molecular formula is C19H37P. The first-order valence-electron chi connectivity index (χ1n) is 8.31. The lowest BCUT2D eigenvalue weighted by Gasteiger charge is -2.06. The molecule has 0 amide bonds. The molecule has 0 saturated heterocycles. The van der Waals surface area contributed by atoms with Gasteiger partial charge in [0.15, 0.2) is 0 Å². The van der Waals surface area contributed by atoms with E-state index >= 15 is 0 Å². The zero-order valence-corrected chi connectivity index (χ0v) is 16.2. The number of aryl methyl sites for hydroxylation is 3. The molecule has 0 bridgehead atoms. The molecule has 1 aliphatic carbocycles. The van der Waals surface area contributed by atoms with Gasteiger partial charge in [0.2, 0.25) is 0 Å². The minimum atomic E-state index is 0. The van der Waals surface area contributed by atoms with Gasteiger partial charge in [0.1, 0.15) is 0 Å². The van der Waals surface area contributed by atoms with E-state index < -0.39 is 0 Å². The van der Waals surface area contributed by atoms with E-state index in [0.29, 0.717) is 0 Å². The second kappa shape index (κ2) is 13.6. The third-order valence-corrected chi connectivity index (χ3v) is 3.49. The average molecular weight is 296 g/mol. The molecule has 0 saturated carbocycles. The summed E-state index contributed by atoms with van der Waals surface area (Å²) >= 11 is 0. The Morgan fingerprint density at radius 2 is 1.45 bits per heavy atom. The highest BCUT2D eigenvalue weighted by atomic mass is 31.0. The summed E-state index contributed by atoms with van der Waals surface area (Å²) in [5.41, 5.74) is 4.72. The van der Waals surface area contributed by atoms with Crippen LogP contribution in [0.3, 0.4) is 0 Å². The van der Waals surface area contributed by atoms with E-state index in [9.17, 15) is 0 Å². The van der Waals surface area contributed by atoms with Crippen LogP contribution in [0.15, 0.2) is 18.2 Å². The minimum absolute atomic E-state index is 0. The van der Waals surface area contributed by atoms with Crippen molar-refractivity contribution in [3.8, 4) is 0 Å². The number of hydrogen-bond donors (Lipinski definition) is 0. The molecule has 0 aromatic heterocycles. The van der Waals surface area contributed by atoms with Crippen LogP contribution in [0.4, 0.5) is 0 Å². The standard InChI is InChI=1S/C14H20.C3H8.C2H6.H3P/c1-3-12-6-9-13-7-4-11(2)5-8-14(13)10-12;1-3-2;1-2;/h6,9-11H,3-5,7-8H2,1-2H3;3H2,1-2H3;1-2H3;1H3. The van der Waals surface area contributed by atoms with Crippen LogP contribution >= 0.6 is 9.90 Å². The van der Waals surface area contributed by atoms with Crippen molar-refractivity contribution in [2.75, 3.05) is 0 Å². The number of fused-ring (bicyclic) bond motifs is 1. The maximum atomic E-state index is 2.42. The van der Waals surface area contributed by atoms with Gasteiger partial charge in [-0.05, 0) is 54.7 Å². The van der Waals surface area contributed by atoms with Crippen LogP contribution in [0.25, 0.3) is 0 Å². The van der Waals surface area contributed by atoms with Crippen LogP contribution in [0.1, 0.15) is 77.5 Å². The smallest absolute Gasteiger partial charge is 0.0274 e. The Labute approximate surface area is 131 Å². The zero-order chi connectivity index (χ0) is 14.7. The Morgan fingerprint density at radius 1 is 0.950 bits per heavy atom. The molecule has 2 atom stereocenters. The molecule has 0 fully saturated rings. The fourth-order valence-electron chi connectivity index (χ4n) is 2.32. The maximum Gasteiger partial charge on any atom is -0.0274 e. The predicted molar refractivity (Wildman–Crippen MR) is 100 cm³/mol. The summed E-state index contributed by atoms with van der Waals surface area (Å²) in [4.78, 5) is 0. The Bertz CT molecular complexity index is 331. The van der Waals surface area contributed by atoms with Crippen molar-refractivity contribution in [3.63, 3.8) is 0 Å². The van der Waals surface area contributed by atoms with E-state index in [-0.39, 0.29) is 9.90 Å². The van der Waals surface area contributed by atoms with Crippen LogP contribution in [0.5, 0.6) is 0 Å². The van der Waals surface area contributed by atoms with Crippen LogP contribution < -0.4 is 0 Å². The van der Waals surface area contributed by atoms with Gasteiger partial charge in [-0.2, -0.15) is 9.90 Å². The lowest BCUT2D eigenvalue weighted by molar-refractivity contribution is 0.510. The molecule has 0 aliphatic heterocycles. The maximum absolute atomic E-state index is 2.42. The van der Waals surface area contributed by atoms with Crippen LogP contribution in [-0.2, 0) is 19.3 Å². The molecule has 0 N–H and O–H groups in total. The van der Waals surface area contributed by atoms with Crippen molar-refractivity contribution in [3.05, 3.63) is 34.9 Å². The molecule has 0 heterocycles. The molecule has 1 heteroatoms. The number of rotatable bonds is 1. The van der Waals surface area contributed by atoms with Crippen LogP contribution in [-0.4, -0.2) is 0 Å². The Balaban J connectivity index is 0. The summed E-state index contributed by atoms with van der Waals surface area (Å²) in [7, 11) is 0. The number of hydrogen-bond acceptors (Lipinski definition) is 0. The first kappa shape index (κ1) is 21.9. The van der Waals surface area contributed by atoms with Crippen molar-refractivity contribution in [2.45, 2.75) is 80.1 Å². The van der Waals surface area contributed by atoms with Crippen LogP contribution in [0.2, 0.25) is 0 Å². The highest BCUT2D eigenvalue weighted by Gasteiger charge is 2.12. The Morgan fingerprint density at radius 3 is 1.95 bits per heavy atom. The third kappa shape index (κ3) is 8.05. The molecule has 1 aliphatic rings. The van der Waals surface area contributed by atoms with Crippen molar-refractivity contribution in [1.29, 1.82) is 0 Å². The van der Waals surface area contributed by atoms with E-state index in [1.54, 1.807) is 11.1 Å². The van der Waals surface area contributed by atoms with E-state index in [1.807, 2.05) is 13.8 Å². The van der Waals surface area contributed by atoms with Gasteiger partial charge in [-0.1, -0.05) is 66.2 Å². The molecular weight excluding hydrogens is 259 g/mol. The van der Waals surface area contributed by atoms with Crippen molar-refractivity contribution >= 4 is 9.90 Å². The Kier molecular flexibility index (Phi) is 14.9. The van der Waals surface area contributed by atoms with Crippen molar-refractivity contribution in [2.24, 2.45) is 5.92 Å². The summed E-state index contributed by atoms with van der Waals surface area (Å²) < 4.78 is 0. The first-order valence-corrected chi connectivity index (χ1v) is 8.31. The predicted octanol–water partition coefficient (Wildman–Crippen LogP) is 6.26. The summed E-state index contributed by atoms with van der Waals surface area (Å²) in [5.74, 6) is 0.910. The van der Waals surface area contributed by atoms with Gasteiger partial charge < -0.3 is 0 Å². The normalized spacial score (nSPS) is 16.2. The fraction of sp³-hybridized carbons (Fsp3) is 0.684. The quantitative estimate of drug-likeness (QED) is 0.423. The molecule has 118 valence electrons. The van der Waals surface area contributed by atoms with Gasteiger partial charge in [-0.25, -0.2) is 0 Å².